The molecule has 1 heterocycles. The maximum atomic E-state index is 12.7. The molecule has 110 valence electrons. The summed E-state index contributed by atoms with van der Waals surface area (Å²) in [6.07, 6.45) is -3.57. The molecule has 8 heteroatoms. The number of thioether (sulfide) groups is 1. The van der Waals surface area contributed by atoms with E-state index in [0.717, 1.165) is 36.2 Å². The van der Waals surface area contributed by atoms with Crippen molar-refractivity contribution in [3.8, 4) is 0 Å². The van der Waals surface area contributed by atoms with Crippen LogP contribution in [-0.2, 0) is 6.18 Å². The van der Waals surface area contributed by atoms with Gasteiger partial charge in [0.05, 0.1) is 5.75 Å². The van der Waals surface area contributed by atoms with Gasteiger partial charge in [-0.15, -0.1) is 0 Å². The lowest BCUT2D eigenvalue weighted by molar-refractivity contribution is -0.141. The van der Waals surface area contributed by atoms with Crippen LogP contribution in [0.2, 0.25) is 0 Å². The van der Waals surface area contributed by atoms with Gasteiger partial charge < -0.3 is 0 Å². The molecule has 0 unspecified atom stereocenters. The smallest absolute Gasteiger partial charge is 0.293 e. The SMILES string of the molecule is O=C(CSc1nccc(C(F)(F)F)n1)c1ccc(F)cc1. The van der Waals surface area contributed by atoms with Gasteiger partial charge in [-0.2, -0.15) is 13.2 Å². The topological polar surface area (TPSA) is 42.9 Å². The number of hydrogen-bond acceptors (Lipinski definition) is 4. The molecule has 0 radical (unpaired) electrons. The lowest BCUT2D eigenvalue weighted by atomic mass is 10.1. The Morgan fingerprint density at radius 3 is 2.43 bits per heavy atom. The lowest BCUT2D eigenvalue weighted by Gasteiger charge is -2.06. The molecule has 0 saturated heterocycles. The highest BCUT2D eigenvalue weighted by molar-refractivity contribution is 7.99. The van der Waals surface area contributed by atoms with Gasteiger partial charge >= 0.3 is 6.18 Å². The second kappa shape index (κ2) is 6.21. The van der Waals surface area contributed by atoms with Crippen molar-refractivity contribution in [1.82, 2.24) is 9.97 Å². The molecule has 2 aromatic rings. The Labute approximate surface area is 121 Å². The van der Waals surface area contributed by atoms with Crippen molar-refractivity contribution in [3.05, 3.63) is 53.6 Å². The number of aromatic nitrogens is 2. The molecule has 21 heavy (non-hydrogen) atoms. The summed E-state index contributed by atoms with van der Waals surface area (Å²) in [4.78, 5) is 18.8. The Hall–Kier alpha value is -1.96. The minimum absolute atomic E-state index is 0.132. The maximum Gasteiger partial charge on any atom is 0.433 e. The van der Waals surface area contributed by atoms with Crippen LogP contribution in [0.15, 0.2) is 41.7 Å². The average Bonchev–Trinajstić information content (AvgIpc) is 2.45. The summed E-state index contributed by atoms with van der Waals surface area (Å²) in [6.45, 7) is 0. The molecular formula is C13H8F4N2OS. The molecular weight excluding hydrogens is 308 g/mol. The summed E-state index contributed by atoms with van der Waals surface area (Å²) in [5.41, 5.74) is -0.787. The van der Waals surface area contributed by atoms with Crippen LogP contribution < -0.4 is 0 Å². The predicted molar refractivity (Wildman–Crippen MR) is 68.5 cm³/mol. The highest BCUT2D eigenvalue weighted by Crippen LogP contribution is 2.28. The van der Waals surface area contributed by atoms with Crippen LogP contribution in [0, 0.1) is 5.82 Å². The normalized spacial score (nSPS) is 11.4. The maximum absolute atomic E-state index is 12.7. The summed E-state index contributed by atoms with van der Waals surface area (Å²) in [7, 11) is 0. The van der Waals surface area contributed by atoms with Gasteiger partial charge in [0.1, 0.15) is 11.5 Å². The van der Waals surface area contributed by atoms with Crippen LogP contribution in [-0.4, -0.2) is 21.5 Å². The molecule has 1 aromatic heterocycles. The number of nitrogens with zero attached hydrogens (tertiary/aromatic N) is 2. The van der Waals surface area contributed by atoms with Crippen molar-refractivity contribution in [1.29, 1.82) is 0 Å². The molecule has 0 spiro atoms. The minimum Gasteiger partial charge on any atom is -0.293 e. The van der Waals surface area contributed by atoms with Gasteiger partial charge in [0.25, 0.3) is 0 Å². The van der Waals surface area contributed by atoms with Crippen LogP contribution in [0.3, 0.4) is 0 Å². The number of alkyl halides is 3. The molecule has 0 atom stereocenters. The lowest BCUT2D eigenvalue weighted by Crippen LogP contribution is -2.09. The Balaban J connectivity index is 2.03. The Morgan fingerprint density at radius 2 is 1.81 bits per heavy atom. The zero-order chi connectivity index (χ0) is 15.5. The van der Waals surface area contributed by atoms with Crippen molar-refractivity contribution < 1.29 is 22.4 Å². The van der Waals surface area contributed by atoms with Gasteiger partial charge in [0.2, 0.25) is 0 Å². The predicted octanol–water partition coefficient (Wildman–Crippen LogP) is 3.61. The summed E-state index contributed by atoms with van der Waals surface area (Å²) in [6, 6.07) is 5.65. The van der Waals surface area contributed by atoms with Crippen LogP contribution in [0.5, 0.6) is 0 Å². The van der Waals surface area contributed by atoms with E-state index in [9.17, 15) is 22.4 Å². The highest BCUT2D eigenvalue weighted by Gasteiger charge is 2.32. The van der Waals surface area contributed by atoms with Gasteiger partial charge in [0.15, 0.2) is 10.9 Å². The van der Waals surface area contributed by atoms with E-state index in [2.05, 4.69) is 9.97 Å². The van der Waals surface area contributed by atoms with E-state index in [-0.39, 0.29) is 22.3 Å². The van der Waals surface area contributed by atoms with Crippen LogP contribution in [0.25, 0.3) is 0 Å². The number of halogens is 4. The van der Waals surface area contributed by atoms with E-state index < -0.39 is 17.7 Å². The molecule has 0 aliphatic heterocycles. The van der Waals surface area contributed by atoms with E-state index in [0.29, 0.717) is 0 Å². The van der Waals surface area contributed by atoms with Crippen molar-refractivity contribution >= 4 is 17.5 Å². The molecule has 3 nitrogen and oxygen atoms in total. The Kier molecular flexibility index (Phi) is 4.56. The van der Waals surface area contributed by atoms with Crippen molar-refractivity contribution in [3.63, 3.8) is 0 Å². The average molecular weight is 316 g/mol. The second-order valence-electron chi connectivity index (χ2n) is 3.94. The first-order chi connectivity index (χ1) is 9.86. The molecule has 0 aliphatic rings. The van der Waals surface area contributed by atoms with E-state index in [4.69, 9.17) is 0 Å². The number of Topliss-reactive ketones (excluding diaryl/α,β-unsaturated/α-hetero) is 1. The molecule has 0 amide bonds. The third-order valence-corrected chi connectivity index (χ3v) is 3.28. The zero-order valence-corrected chi connectivity index (χ0v) is 11.2. The highest BCUT2D eigenvalue weighted by atomic mass is 32.2. The fourth-order valence-corrected chi connectivity index (χ4v) is 2.14. The Morgan fingerprint density at radius 1 is 1.14 bits per heavy atom. The van der Waals surface area contributed by atoms with Gasteiger partial charge in [0, 0.05) is 11.8 Å². The quantitative estimate of drug-likeness (QED) is 0.374. The van der Waals surface area contributed by atoms with Crippen molar-refractivity contribution in [2.45, 2.75) is 11.3 Å². The fraction of sp³-hybridized carbons (Fsp3) is 0.154. The van der Waals surface area contributed by atoms with Crippen LogP contribution >= 0.6 is 11.8 Å². The molecule has 1 aromatic carbocycles. The number of ketones is 1. The number of rotatable bonds is 4. The third-order valence-electron chi connectivity index (χ3n) is 2.42. The first-order valence-electron chi connectivity index (χ1n) is 5.68. The first kappa shape index (κ1) is 15.4. The van der Waals surface area contributed by atoms with Gasteiger partial charge in [-0.1, -0.05) is 11.8 Å². The molecule has 0 N–H and O–H groups in total. The summed E-state index contributed by atoms with van der Waals surface area (Å²) < 4.78 is 50.1. The number of hydrogen-bond donors (Lipinski definition) is 0. The van der Waals surface area contributed by atoms with Crippen molar-refractivity contribution in [2.75, 3.05) is 5.75 Å². The van der Waals surface area contributed by atoms with Crippen LogP contribution in [0.1, 0.15) is 16.1 Å². The zero-order valence-electron chi connectivity index (χ0n) is 10.4. The van der Waals surface area contributed by atoms with E-state index >= 15 is 0 Å². The van der Waals surface area contributed by atoms with E-state index in [1.165, 1.54) is 12.1 Å². The Bertz CT molecular complexity index is 643. The third kappa shape index (κ3) is 4.25. The largest absolute Gasteiger partial charge is 0.433 e. The van der Waals surface area contributed by atoms with Gasteiger partial charge in [-0.25, -0.2) is 14.4 Å². The standard InChI is InChI=1S/C13H8F4N2OS/c14-9-3-1-8(2-4-9)10(20)7-21-12-18-6-5-11(19-12)13(15,16)17/h1-6H,7H2. The second-order valence-corrected chi connectivity index (χ2v) is 4.88. The first-order valence-corrected chi connectivity index (χ1v) is 6.66. The summed E-state index contributed by atoms with van der Waals surface area (Å²) in [5, 5.41) is -0.139. The fourth-order valence-electron chi connectivity index (χ4n) is 1.42. The van der Waals surface area contributed by atoms with Crippen LogP contribution in [0.4, 0.5) is 17.6 Å². The number of carbonyl (C=O) groups is 1. The summed E-state index contributed by atoms with van der Waals surface area (Å²) >= 11 is 0.792. The summed E-state index contributed by atoms with van der Waals surface area (Å²) in [5.74, 6) is -0.950. The minimum atomic E-state index is -4.56. The molecule has 0 aliphatic carbocycles. The molecule has 2 rings (SSSR count). The van der Waals surface area contributed by atoms with Crippen molar-refractivity contribution in [2.24, 2.45) is 0 Å². The van der Waals surface area contributed by atoms with Gasteiger partial charge in [-0.3, -0.25) is 4.79 Å². The number of carbonyl (C=O) groups excluding carboxylic acids is 1. The number of benzene rings is 1. The van der Waals surface area contributed by atoms with E-state index in [1.807, 2.05) is 0 Å². The monoisotopic (exact) mass is 316 g/mol. The molecule has 0 bridgehead atoms. The van der Waals surface area contributed by atoms with Gasteiger partial charge in [-0.05, 0) is 30.3 Å². The van der Waals surface area contributed by atoms with E-state index in [1.54, 1.807) is 0 Å². The molecule has 0 fully saturated rings. The molecule has 0 saturated carbocycles.